The Morgan fingerprint density at radius 2 is 1.56 bits per heavy atom. The molecule has 0 fully saturated rings. The molecule has 0 radical (unpaired) electrons. The molecule has 0 spiro atoms. The molecule has 0 atom stereocenters. The Morgan fingerprint density at radius 3 is 2.12 bits per heavy atom. The van der Waals surface area contributed by atoms with Gasteiger partial charge in [-0.2, -0.15) is 0 Å². The van der Waals surface area contributed by atoms with Crippen LogP contribution in [-0.4, -0.2) is 35.5 Å². The number of rotatable bonds is 8. The van der Waals surface area contributed by atoms with E-state index in [4.69, 9.17) is 11.6 Å². The second-order valence-electron chi connectivity index (χ2n) is 7.47. The van der Waals surface area contributed by atoms with Crippen molar-refractivity contribution in [3.05, 3.63) is 82.9 Å². The van der Waals surface area contributed by atoms with Gasteiger partial charge in [0.25, 0.3) is 15.9 Å². The summed E-state index contributed by atoms with van der Waals surface area (Å²) >= 11 is 6.06. The van der Waals surface area contributed by atoms with Gasteiger partial charge in [0.15, 0.2) is 0 Å². The highest BCUT2D eigenvalue weighted by Crippen LogP contribution is 2.26. The third kappa shape index (κ3) is 5.88. The number of hydrogen-bond acceptors (Lipinski definition) is 5. The molecule has 0 aliphatic heterocycles. The summed E-state index contributed by atoms with van der Waals surface area (Å²) in [5.41, 5.74) is 2.17. The number of carbonyl (C=O) groups is 1. The predicted octanol–water partition coefficient (Wildman–Crippen LogP) is 4.49. The standard InChI is InChI=1S/C23H24ClN3O5S2/c1-4-27(33(3,29)30)19-12-8-17(9-13-19)23(28)25-18-10-14-20(15-11-18)34(31,32)26-22-7-5-6-21(24)16(22)2/h5-15,26H,4H2,1-3H3,(H,25,28). The van der Waals surface area contributed by atoms with Crippen molar-refractivity contribution in [2.45, 2.75) is 18.7 Å². The summed E-state index contributed by atoms with van der Waals surface area (Å²) in [5, 5.41) is 3.14. The van der Waals surface area contributed by atoms with Crippen LogP contribution < -0.4 is 14.3 Å². The van der Waals surface area contributed by atoms with Gasteiger partial charge in [-0.1, -0.05) is 17.7 Å². The van der Waals surface area contributed by atoms with E-state index in [-0.39, 0.29) is 11.4 Å². The number of nitrogens with one attached hydrogen (secondary N) is 2. The van der Waals surface area contributed by atoms with Crippen molar-refractivity contribution in [1.82, 2.24) is 0 Å². The van der Waals surface area contributed by atoms with Crippen molar-refractivity contribution >= 4 is 54.6 Å². The van der Waals surface area contributed by atoms with Gasteiger partial charge in [0.1, 0.15) is 0 Å². The molecule has 2 N–H and O–H groups in total. The minimum Gasteiger partial charge on any atom is -0.322 e. The summed E-state index contributed by atoms with van der Waals surface area (Å²) < 4.78 is 52.9. The molecule has 180 valence electrons. The quantitative estimate of drug-likeness (QED) is 0.453. The average Bonchev–Trinajstić information content (AvgIpc) is 2.77. The Kier molecular flexibility index (Phi) is 7.54. The van der Waals surface area contributed by atoms with Gasteiger partial charge in [-0.25, -0.2) is 16.8 Å². The van der Waals surface area contributed by atoms with Gasteiger partial charge in [0.05, 0.1) is 22.5 Å². The third-order valence-corrected chi connectivity index (χ3v) is 8.10. The number of anilines is 3. The predicted molar refractivity (Wildman–Crippen MR) is 136 cm³/mol. The first-order valence-electron chi connectivity index (χ1n) is 10.2. The highest BCUT2D eigenvalue weighted by molar-refractivity contribution is 7.92. The van der Waals surface area contributed by atoms with E-state index in [1.54, 1.807) is 44.2 Å². The van der Waals surface area contributed by atoms with Gasteiger partial charge >= 0.3 is 0 Å². The van der Waals surface area contributed by atoms with Crippen LogP contribution in [0.15, 0.2) is 71.6 Å². The van der Waals surface area contributed by atoms with E-state index in [2.05, 4.69) is 10.0 Å². The monoisotopic (exact) mass is 521 g/mol. The van der Waals surface area contributed by atoms with Gasteiger partial charge in [0, 0.05) is 22.8 Å². The molecule has 34 heavy (non-hydrogen) atoms. The van der Waals surface area contributed by atoms with Crippen molar-refractivity contribution in [3.63, 3.8) is 0 Å². The lowest BCUT2D eigenvalue weighted by Gasteiger charge is -2.20. The molecule has 0 aliphatic carbocycles. The molecule has 11 heteroatoms. The Hall–Kier alpha value is -3.08. The fourth-order valence-corrected chi connectivity index (χ4v) is 5.50. The highest BCUT2D eigenvalue weighted by Gasteiger charge is 2.18. The van der Waals surface area contributed by atoms with E-state index in [0.717, 1.165) is 6.26 Å². The molecule has 0 aromatic heterocycles. The van der Waals surface area contributed by atoms with Gasteiger partial charge < -0.3 is 5.32 Å². The summed E-state index contributed by atoms with van der Waals surface area (Å²) in [7, 11) is -7.27. The van der Waals surface area contributed by atoms with E-state index in [1.165, 1.54) is 40.7 Å². The Labute approximate surface area is 204 Å². The maximum Gasteiger partial charge on any atom is 0.261 e. The van der Waals surface area contributed by atoms with Crippen LogP contribution in [0.2, 0.25) is 5.02 Å². The molecule has 0 saturated heterocycles. The van der Waals surface area contributed by atoms with Crippen LogP contribution >= 0.6 is 11.6 Å². The number of carbonyl (C=O) groups excluding carboxylic acids is 1. The van der Waals surface area contributed by atoms with Crippen molar-refractivity contribution in [3.8, 4) is 0 Å². The topological polar surface area (TPSA) is 113 Å². The van der Waals surface area contributed by atoms with Crippen molar-refractivity contribution in [2.24, 2.45) is 0 Å². The smallest absolute Gasteiger partial charge is 0.261 e. The molecule has 0 unspecified atom stereocenters. The van der Waals surface area contributed by atoms with E-state index in [9.17, 15) is 21.6 Å². The zero-order chi connectivity index (χ0) is 25.1. The normalized spacial score (nSPS) is 11.6. The zero-order valence-corrected chi connectivity index (χ0v) is 21.1. The van der Waals surface area contributed by atoms with Crippen LogP contribution in [0.25, 0.3) is 0 Å². The largest absolute Gasteiger partial charge is 0.322 e. The molecule has 0 aliphatic rings. The number of halogens is 1. The van der Waals surface area contributed by atoms with Crippen LogP contribution in [0.1, 0.15) is 22.8 Å². The minimum atomic E-state index is -3.85. The summed E-state index contributed by atoms with van der Waals surface area (Å²) in [6.45, 7) is 3.70. The van der Waals surface area contributed by atoms with E-state index in [0.29, 0.717) is 33.2 Å². The lowest BCUT2D eigenvalue weighted by atomic mass is 10.2. The molecule has 0 bridgehead atoms. The van der Waals surface area contributed by atoms with E-state index < -0.39 is 26.0 Å². The molecule has 1 amide bonds. The average molecular weight is 522 g/mol. The molecule has 3 aromatic carbocycles. The van der Waals surface area contributed by atoms with Crippen molar-refractivity contribution in [2.75, 3.05) is 27.1 Å². The summed E-state index contributed by atoms with van der Waals surface area (Å²) in [6.07, 6.45) is 1.12. The van der Waals surface area contributed by atoms with Crippen molar-refractivity contribution < 1.29 is 21.6 Å². The fraction of sp³-hybridized carbons (Fsp3) is 0.174. The van der Waals surface area contributed by atoms with Crippen molar-refractivity contribution in [1.29, 1.82) is 0 Å². The maximum absolute atomic E-state index is 12.7. The lowest BCUT2D eigenvalue weighted by molar-refractivity contribution is 0.102. The SMILES string of the molecule is CCN(c1ccc(C(=O)Nc2ccc(S(=O)(=O)Nc3cccc(Cl)c3C)cc2)cc1)S(C)(=O)=O. The number of benzene rings is 3. The van der Waals surface area contributed by atoms with Crippen LogP contribution in [-0.2, 0) is 20.0 Å². The lowest BCUT2D eigenvalue weighted by Crippen LogP contribution is -2.29. The molecule has 3 rings (SSSR count). The third-order valence-electron chi connectivity index (χ3n) is 5.04. The van der Waals surface area contributed by atoms with Gasteiger partial charge in [0.2, 0.25) is 10.0 Å². The van der Waals surface area contributed by atoms with Crippen LogP contribution in [0.4, 0.5) is 17.1 Å². The highest BCUT2D eigenvalue weighted by atomic mass is 35.5. The molecule has 0 saturated carbocycles. The second-order valence-corrected chi connectivity index (χ2v) is 11.5. The molecule has 3 aromatic rings. The van der Waals surface area contributed by atoms with Crippen LogP contribution in [0.3, 0.4) is 0 Å². The molecular weight excluding hydrogens is 498 g/mol. The maximum atomic E-state index is 12.7. The summed E-state index contributed by atoms with van der Waals surface area (Å²) in [5.74, 6) is -0.419. The Balaban J connectivity index is 1.72. The first kappa shape index (κ1) is 25.5. The first-order valence-corrected chi connectivity index (χ1v) is 13.9. The summed E-state index contributed by atoms with van der Waals surface area (Å²) in [6, 6.07) is 16.8. The minimum absolute atomic E-state index is 0.0228. The Morgan fingerprint density at radius 1 is 0.941 bits per heavy atom. The fourth-order valence-electron chi connectivity index (χ4n) is 3.23. The van der Waals surface area contributed by atoms with Gasteiger partial charge in [-0.3, -0.25) is 13.8 Å². The van der Waals surface area contributed by atoms with Gasteiger partial charge in [-0.05, 0) is 80.1 Å². The van der Waals surface area contributed by atoms with Gasteiger partial charge in [-0.15, -0.1) is 0 Å². The number of nitrogens with zero attached hydrogens (tertiary/aromatic N) is 1. The number of amides is 1. The first-order chi connectivity index (χ1) is 15.9. The zero-order valence-electron chi connectivity index (χ0n) is 18.7. The summed E-state index contributed by atoms with van der Waals surface area (Å²) in [4.78, 5) is 12.6. The number of sulfonamides is 2. The van der Waals surface area contributed by atoms with Crippen LogP contribution in [0, 0.1) is 6.92 Å². The second kappa shape index (κ2) is 10.0. The molecule has 0 heterocycles. The Bertz CT molecular complexity index is 1410. The molecule has 8 nitrogen and oxygen atoms in total. The number of hydrogen-bond donors (Lipinski definition) is 2. The van der Waals surface area contributed by atoms with E-state index >= 15 is 0 Å². The van der Waals surface area contributed by atoms with Crippen LogP contribution in [0.5, 0.6) is 0 Å². The van der Waals surface area contributed by atoms with E-state index in [1.807, 2.05) is 0 Å². The molecular formula is C23H24ClN3O5S2.